The van der Waals surface area contributed by atoms with Gasteiger partial charge in [0.15, 0.2) is 11.6 Å². The van der Waals surface area contributed by atoms with E-state index in [2.05, 4.69) is 27.5 Å². The normalized spacial score (nSPS) is 10.6. The van der Waals surface area contributed by atoms with Crippen LogP contribution in [0, 0.1) is 18.6 Å². The molecule has 3 aromatic rings. The summed E-state index contributed by atoms with van der Waals surface area (Å²) in [5.74, 6) is -0.866. The van der Waals surface area contributed by atoms with Crippen LogP contribution in [0.2, 0.25) is 0 Å². The minimum Gasteiger partial charge on any atom is -0.340 e. The number of rotatable bonds is 5. The van der Waals surface area contributed by atoms with Gasteiger partial charge >= 0.3 is 0 Å². The molecule has 0 saturated heterocycles. The molecule has 0 atom stereocenters. The van der Waals surface area contributed by atoms with Crippen LogP contribution < -0.4 is 10.6 Å². The number of aromatic nitrogens is 2. The zero-order chi connectivity index (χ0) is 17.8. The topological polar surface area (TPSA) is 49.8 Å². The van der Waals surface area contributed by atoms with Gasteiger partial charge in [-0.3, -0.25) is 0 Å². The van der Waals surface area contributed by atoms with Crippen molar-refractivity contribution in [3.63, 3.8) is 0 Å². The molecule has 0 amide bonds. The van der Waals surface area contributed by atoms with Gasteiger partial charge in [-0.2, -0.15) is 4.98 Å². The largest absolute Gasteiger partial charge is 0.340 e. The lowest BCUT2D eigenvalue weighted by Crippen LogP contribution is -2.04. The summed E-state index contributed by atoms with van der Waals surface area (Å²) in [6, 6.07) is 13.3. The van der Waals surface area contributed by atoms with Crippen LogP contribution in [0.5, 0.6) is 0 Å². The van der Waals surface area contributed by atoms with Crippen molar-refractivity contribution in [2.75, 3.05) is 10.6 Å². The number of nitrogens with one attached hydrogen (secondary N) is 2. The van der Waals surface area contributed by atoms with Gasteiger partial charge in [0, 0.05) is 29.2 Å². The Morgan fingerprint density at radius 2 is 1.72 bits per heavy atom. The predicted octanol–water partition coefficient (Wildman–Crippen LogP) is 5.11. The zero-order valence-electron chi connectivity index (χ0n) is 14.0. The van der Waals surface area contributed by atoms with Gasteiger partial charge in [-0.25, -0.2) is 13.8 Å². The maximum Gasteiger partial charge on any atom is 0.229 e. The first kappa shape index (κ1) is 16.8. The van der Waals surface area contributed by atoms with Crippen molar-refractivity contribution < 1.29 is 8.78 Å². The van der Waals surface area contributed by atoms with Gasteiger partial charge in [0.1, 0.15) is 5.82 Å². The van der Waals surface area contributed by atoms with Gasteiger partial charge in [0.25, 0.3) is 0 Å². The summed E-state index contributed by atoms with van der Waals surface area (Å²) in [5, 5.41) is 6.18. The highest BCUT2D eigenvalue weighted by molar-refractivity contribution is 5.62. The van der Waals surface area contributed by atoms with E-state index in [0.717, 1.165) is 35.5 Å². The molecular weight excluding hydrogens is 322 g/mol. The van der Waals surface area contributed by atoms with Gasteiger partial charge in [0.05, 0.1) is 0 Å². The van der Waals surface area contributed by atoms with Crippen molar-refractivity contribution in [2.24, 2.45) is 0 Å². The number of halogens is 2. The van der Waals surface area contributed by atoms with Crippen LogP contribution in [0.4, 0.5) is 31.9 Å². The third-order valence-corrected chi connectivity index (χ3v) is 3.69. The van der Waals surface area contributed by atoms with E-state index >= 15 is 0 Å². The van der Waals surface area contributed by atoms with Gasteiger partial charge in [-0.05, 0) is 37.1 Å². The minimum atomic E-state index is -0.911. The maximum absolute atomic E-state index is 13.4. The average molecular weight is 340 g/mol. The van der Waals surface area contributed by atoms with E-state index in [1.165, 1.54) is 6.07 Å². The molecular formula is C19H18F2N4. The Bertz CT molecular complexity index is 896. The molecule has 4 nitrogen and oxygen atoms in total. The standard InChI is InChI=1S/C19H18F2N4/c1-3-13-6-4-5-7-17(13)24-19-22-12(2)10-18(25-19)23-14-8-9-15(20)16(21)11-14/h4-11H,3H2,1-2H3,(H2,22,23,24,25). The van der Waals surface area contributed by atoms with E-state index in [4.69, 9.17) is 0 Å². The molecule has 0 fully saturated rings. The van der Waals surface area contributed by atoms with Crippen molar-refractivity contribution in [2.45, 2.75) is 20.3 Å². The van der Waals surface area contributed by atoms with Crippen LogP contribution in [0.1, 0.15) is 18.2 Å². The number of hydrogen-bond donors (Lipinski definition) is 2. The van der Waals surface area contributed by atoms with E-state index in [1.807, 2.05) is 31.2 Å². The number of anilines is 4. The molecule has 2 N–H and O–H groups in total. The Labute approximate surface area is 145 Å². The SMILES string of the molecule is CCc1ccccc1Nc1nc(C)cc(Nc2ccc(F)c(F)c2)n1. The molecule has 2 aromatic carbocycles. The van der Waals surface area contributed by atoms with Crippen LogP contribution in [0.3, 0.4) is 0 Å². The lowest BCUT2D eigenvalue weighted by Gasteiger charge is -2.12. The van der Waals surface area contributed by atoms with Crippen LogP contribution in [-0.2, 0) is 6.42 Å². The van der Waals surface area contributed by atoms with Crippen molar-refractivity contribution in [3.8, 4) is 0 Å². The molecule has 6 heteroatoms. The fraction of sp³-hybridized carbons (Fsp3) is 0.158. The Morgan fingerprint density at radius 1 is 0.920 bits per heavy atom. The Kier molecular flexibility index (Phi) is 4.88. The molecule has 0 radical (unpaired) electrons. The van der Waals surface area contributed by atoms with E-state index in [1.54, 1.807) is 6.07 Å². The van der Waals surface area contributed by atoms with Gasteiger partial charge in [0.2, 0.25) is 5.95 Å². The fourth-order valence-corrected chi connectivity index (χ4v) is 2.48. The highest BCUT2D eigenvalue weighted by Crippen LogP contribution is 2.22. The van der Waals surface area contributed by atoms with Crippen LogP contribution >= 0.6 is 0 Å². The van der Waals surface area contributed by atoms with Crippen LogP contribution in [-0.4, -0.2) is 9.97 Å². The van der Waals surface area contributed by atoms with E-state index < -0.39 is 11.6 Å². The fourth-order valence-electron chi connectivity index (χ4n) is 2.48. The molecule has 0 aliphatic rings. The molecule has 128 valence electrons. The smallest absolute Gasteiger partial charge is 0.229 e. The first-order valence-corrected chi connectivity index (χ1v) is 7.98. The number of aryl methyl sites for hydroxylation is 2. The summed E-state index contributed by atoms with van der Waals surface area (Å²) < 4.78 is 26.4. The quantitative estimate of drug-likeness (QED) is 0.677. The summed E-state index contributed by atoms with van der Waals surface area (Å²) >= 11 is 0. The van der Waals surface area contributed by atoms with Crippen molar-refractivity contribution in [1.29, 1.82) is 0 Å². The molecule has 1 aromatic heterocycles. The number of para-hydroxylation sites is 1. The molecule has 0 bridgehead atoms. The molecule has 1 heterocycles. The molecule has 0 unspecified atom stereocenters. The number of nitrogens with zero attached hydrogens (tertiary/aromatic N) is 2. The zero-order valence-corrected chi connectivity index (χ0v) is 14.0. The Balaban J connectivity index is 1.86. The summed E-state index contributed by atoms with van der Waals surface area (Å²) in [7, 11) is 0. The van der Waals surface area contributed by atoms with Crippen LogP contribution in [0.25, 0.3) is 0 Å². The van der Waals surface area contributed by atoms with Gasteiger partial charge in [-0.1, -0.05) is 25.1 Å². The third kappa shape index (κ3) is 4.09. The summed E-state index contributed by atoms with van der Waals surface area (Å²) in [4.78, 5) is 8.78. The molecule has 0 aliphatic carbocycles. The Morgan fingerprint density at radius 3 is 2.48 bits per heavy atom. The monoisotopic (exact) mass is 340 g/mol. The first-order valence-electron chi connectivity index (χ1n) is 7.98. The second-order valence-corrected chi connectivity index (χ2v) is 5.61. The average Bonchev–Trinajstić information content (AvgIpc) is 2.58. The summed E-state index contributed by atoms with van der Waals surface area (Å²) in [6.07, 6.45) is 0.884. The third-order valence-electron chi connectivity index (χ3n) is 3.69. The van der Waals surface area contributed by atoms with E-state index in [0.29, 0.717) is 17.5 Å². The second kappa shape index (κ2) is 7.25. The lowest BCUT2D eigenvalue weighted by molar-refractivity contribution is 0.509. The van der Waals surface area contributed by atoms with Gasteiger partial charge in [-0.15, -0.1) is 0 Å². The lowest BCUT2D eigenvalue weighted by atomic mass is 10.1. The maximum atomic E-state index is 13.4. The van der Waals surface area contributed by atoms with E-state index in [-0.39, 0.29) is 0 Å². The Hall–Kier alpha value is -3.02. The highest BCUT2D eigenvalue weighted by atomic mass is 19.2. The van der Waals surface area contributed by atoms with Crippen molar-refractivity contribution in [3.05, 3.63) is 71.4 Å². The molecule has 25 heavy (non-hydrogen) atoms. The van der Waals surface area contributed by atoms with Gasteiger partial charge < -0.3 is 10.6 Å². The molecule has 0 aliphatic heterocycles. The number of benzene rings is 2. The highest BCUT2D eigenvalue weighted by Gasteiger charge is 2.07. The van der Waals surface area contributed by atoms with E-state index in [9.17, 15) is 8.78 Å². The molecule has 3 rings (SSSR count). The van der Waals surface area contributed by atoms with Crippen LogP contribution in [0.15, 0.2) is 48.5 Å². The number of hydrogen-bond acceptors (Lipinski definition) is 4. The van der Waals surface area contributed by atoms with Crippen molar-refractivity contribution >= 4 is 23.1 Å². The predicted molar refractivity (Wildman–Crippen MR) is 95.5 cm³/mol. The first-order chi connectivity index (χ1) is 12.0. The second-order valence-electron chi connectivity index (χ2n) is 5.61. The summed E-state index contributed by atoms with van der Waals surface area (Å²) in [5.41, 5.74) is 3.26. The molecule has 0 saturated carbocycles. The summed E-state index contributed by atoms with van der Waals surface area (Å²) in [6.45, 7) is 3.92. The van der Waals surface area contributed by atoms with Crippen molar-refractivity contribution in [1.82, 2.24) is 9.97 Å². The minimum absolute atomic E-state index is 0.414. The molecule has 0 spiro atoms.